The van der Waals surface area contributed by atoms with Crippen molar-refractivity contribution in [3.05, 3.63) is 66.1 Å². The van der Waals surface area contributed by atoms with E-state index in [0.29, 0.717) is 29.3 Å². The van der Waals surface area contributed by atoms with E-state index < -0.39 is 15.1 Å². The van der Waals surface area contributed by atoms with Gasteiger partial charge in [0.15, 0.2) is 15.7 Å². The molecule has 0 amide bonds. The molecule has 200 valence electrons. The summed E-state index contributed by atoms with van der Waals surface area (Å²) in [6, 6.07) is 15.1. The Hall–Kier alpha value is -3.63. The molecule has 3 heterocycles. The molecule has 0 spiro atoms. The van der Waals surface area contributed by atoms with Crippen molar-refractivity contribution >= 4 is 38.1 Å². The molecule has 0 bridgehead atoms. The van der Waals surface area contributed by atoms with Gasteiger partial charge in [0, 0.05) is 56.1 Å². The van der Waals surface area contributed by atoms with Gasteiger partial charge in [-0.2, -0.15) is 0 Å². The van der Waals surface area contributed by atoms with Crippen LogP contribution >= 0.6 is 0 Å². The van der Waals surface area contributed by atoms with Gasteiger partial charge in [-0.1, -0.05) is 18.2 Å². The zero-order valence-corrected chi connectivity index (χ0v) is 23.0. The van der Waals surface area contributed by atoms with E-state index in [1.54, 1.807) is 45.4 Å². The maximum absolute atomic E-state index is 13.0. The molecule has 9 nitrogen and oxygen atoms in total. The lowest BCUT2D eigenvalue weighted by molar-refractivity contribution is 0.312. The Bertz CT molecular complexity index is 1540. The number of ether oxygens (including phenoxy) is 1. The number of methoxy groups -OCH3 is 1. The highest BCUT2D eigenvalue weighted by Crippen LogP contribution is 2.31. The van der Waals surface area contributed by atoms with Crippen molar-refractivity contribution in [1.82, 2.24) is 19.9 Å². The first-order valence-corrected chi connectivity index (χ1v) is 14.3. The minimum absolute atomic E-state index is 0.246. The predicted molar refractivity (Wildman–Crippen MR) is 151 cm³/mol. The second-order valence-corrected chi connectivity index (χ2v) is 12.4. The van der Waals surface area contributed by atoms with Crippen LogP contribution in [-0.2, 0) is 16.3 Å². The van der Waals surface area contributed by atoms with E-state index in [2.05, 4.69) is 45.3 Å². The first-order chi connectivity index (χ1) is 18.3. The van der Waals surface area contributed by atoms with Crippen molar-refractivity contribution in [2.24, 2.45) is 0 Å². The Balaban J connectivity index is 1.46. The van der Waals surface area contributed by atoms with Crippen LogP contribution in [0, 0.1) is 0 Å². The molecule has 1 aliphatic rings. The van der Waals surface area contributed by atoms with Crippen LogP contribution in [-0.4, -0.2) is 73.9 Å². The first-order valence-electron chi connectivity index (χ1n) is 12.8. The normalized spacial score (nSPS) is 14.8. The van der Waals surface area contributed by atoms with E-state index in [1.807, 2.05) is 12.1 Å². The molecule has 5 rings (SSSR count). The number of H-pyrrole nitrogens is 1. The number of nitrogens with one attached hydrogen (secondary N) is 2. The highest BCUT2D eigenvalue weighted by atomic mass is 32.2. The van der Waals surface area contributed by atoms with Crippen molar-refractivity contribution in [2.75, 3.05) is 50.6 Å². The standard InChI is InChI=1S/C28H34N6O3S/c1-19(2)38(35,36)25-8-6-5-7-22(25)31-28-27-23(11-12-29-27)30-26(32-28)17-20-9-10-21(18-24(20)37-4)34-15-13-33(3)14-16-34/h5-12,18-19,29H,13-17H2,1-4H3,(H,30,31,32). The predicted octanol–water partition coefficient (Wildman–Crippen LogP) is 4.23. The minimum Gasteiger partial charge on any atom is -0.496 e. The highest BCUT2D eigenvalue weighted by molar-refractivity contribution is 7.92. The third-order valence-corrected chi connectivity index (χ3v) is 9.22. The van der Waals surface area contributed by atoms with Crippen LogP contribution in [0.1, 0.15) is 25.2 Å². The van der Waals surface area contributed by atoms with Gasteiger partial charge in [0.25, 0.3) is 0 Å². The summed E-state index contributed by atoms with van der Waals surface area (Å²) < 4.78 is 31.7. The molecule has 2 aromatic heterocycles. The molecule has 2 aromatic carbocycles. The van der Waals surface area contributed by atoms with E-state index >= 15 is 0 Å². The van der Waals surface area contributed by atoms with E-state index in [1.165, 1.54) is 0 Å². The number of aromatic amines is 1. The van der Waals surface area contributed by atoms with Gasteiger partial charge in [-0.05, 0) is 45.2 Å². The van der Waals surface area contributed by atoms with E-state index in [9.17, 15) is 8.42 Å². The molecule has 0 aliphatic carbocycles. The van der Waals surface area contributed by atoms with Gasteiger partial charge in [-0.25, -0.2) is 18.4 Å². The molecule has 1 fully saturated rings. The molecule has 2 N–H and O–H groups in total. The number of hydrogen-bond acceptors (Lipinski definition) is 8. The topological polar surface area (TPSA) is 103 Å². The summed E-state index contributed by atoms with van der Waals surface area (Å²) in [6.45, 7) is 7.39. The summed E-state index contributed by atoms with van der Waals surface area (Å²) in [7, 11) is 0.337. The molecule has 1 saturated heterocycles. The van der Waals surface area contributed by atoms with Crippen LogP contribution in [0.4, 0.5) is 17.2 Å². The number of fused-ring (bicyclic) bond motifs is 1. The quantitative estimate of drug-likeness (QED) is 0.346. The Morgan fingerprint density at radius 3 is 2.55 bits per heavy atom. The number of piperazine rings is 1. The van der Waals surface area contributed by atoms with Crippen molar-refractivity contribution in [2.45, 2.75) is 30.4 Å². The van der Waals surface area contributed by atoms with Crippen molar-refractivity contribution < 1.29 is 13.2 Å². The van der Waals surface area contributed by atoms with Crippen LogP contribution in [0.2, 0.25) is 0 Å². The smallest absolute Gasteiger partial charge is 0.182 e. The number of likely N-dealkylation sites (N-methyl/N-ethyl adjacent to an activating group) is 1. The monoisotopic (exact) mass is 534 g/mol. The first kappa shape index (κ1) is 26.0. The molecular weight excluding hydrogens is 500 g/mol. The highest BCUT2D eigenvalue weighted by Gasteiger charge is 2.23. The van der Waals surface area contributed by atoms with Gasteiger partial charge in [-0.3, -0.25) is 0 Å². The number of sulfone groups is 1. The van der Waals surface area contributed by atoms with Crippen molar-refractivity contribution in [3.63, 3.8) is 0 Å². The van der Waals surface area contributed by atoms with E-state index in [-0.39, 0.29) is 4.90 Å². The summed E-state index contributed by atoms with van der Waals surface area (Å²) in [5, 5.41) is 2.73. The van der Waals surface area contributed by atoms with E-state index in [4.69, 9.17) is 14.7 Å². The Kier molecular flexibility index (Phi) is 7.27. The zero-order valence-electron chi connectivity index (χ0n) is 22.2. The Morgan fingerprint density at radius 1 is 1.05 bits per heavy atom. The molecule has 0 unspecified atom stereocenters. The summed E-state index contributed by atoms with van der Waals surface area (Å²) >= 11 is 0. The average Bonchev–Trinajstić information content (AvgIpc) is 3.39. The number of benzene rings is 2. The molecule has 0 atom stereocenters. The number of hydrogen-bond donors (Lipinski definition) is 2. The van der Waals surface area contributed by atoms with Crippen LogP contribution in [0.15, 0.2) is 59.6 Å². The third-order valence-electron chi connectivity index (χ3n) is 7.01. The molecule has 1 aliphatic heterocycles. The van der Waals surface area contributed by atoms with Crippen LogP contribution in [0.5, 0.6) is 5.75 Å². The lowest BCUT2D eigenvalue weighted by Gasteiger charge is -2.34. The van der Waals surface area contributed by atoms with Gasteiger partial charge < -0.3 is 24.8 Å². The Morgan fingerprint density at radius 2 is 1.82 bits per heavy atom. The molecule has 0 saturated carbocycles. The fourth-order valence-corrected chi connectivity index (χ4v) is 5.87. The molecule has 0 radical (unpaired) electrons. The summed E-state index contributed by atoms with van der Waals surface area (Å²) in [6.07, 6.45) is 2.27. The molecule has 38 heavy (non-hydrogen) atoms. The van der Waals surface area contributed by atoms with Crippen LogP contribution in [0.25, 0.3) is 11.0 Å². The summed E-state index contributed by atoms with van der Waals surface area (Å²) in [4.78, 5) is 17.7. The molecule has 10 heteroatoms. The number of para-hydroxylation sites is 1. The summed E-state index contributed by atoms with van der Waals surface area (Å²) in [5.41, 5.74) is 4.06. The average molecular weight is 535 g/mol. The van der Waals surface area contributed by atoms with Crippen molar-refractivity contribution in [3.8, 4) is 5.75 Å². The third kappa shape index (κ3) is 5.19. The second kappa shape index (κ2) is 10.6. The number of rotatable bonds is 8. The van der Waals surface area contributed by atoms with Gasteiger partial charge in [0.1, 0.15) is 17.1 Å². The minimum atomic E-state index is -3.49. The fraction of sp³-hybridized carbons (Fsp3) is 0.357. The Labute approximate surface area is 223 Å². The van der Waals surface area contributed by atoms with Gasteiger partial charge in [-0.15, -0.1) is 0 Å². The van der Waals surface area contributed by atoms with Crippen LogP contribution in [0.3, 0.4) is 0 Å². The van der Waals surface area contributed by atoms with E-state index in [0.717, 1.165) is 48.7 Å². The number of nitrogens with zero attached hydrogens (tertiary/aromatic N) is 4. The van der Waals surface area contributed by atoms with Gasteiger partial charge >= 0.3 is 0 Å². The van der Waals surface area contributed by atoms with Crippen molar-refractivity contribution in [1.29, 1.82) is 0 Å². The number of anilines is 3. The van der Waals surface area contributed by atoms with Crippen LogP contribution < -0.4 is 15.0 Å². The lowest BCUT2D eigenvalue weighted by atomic mass is 10.1. The molecule has 4 aromatic rings. The van der Waals surface area contributed by atoms with Gasteiger partial charge in [0.2, 0.25) is 0 Å². The van der Waals surface area contributed by atoms with Gasteiger partial charge in [0.05, 0.1) is 28.5 Å². The SMILES string of the molecule is COc1cc(N2CCN(C)CC2)ccc1Cc1nc(Nc2ccccc2S(=O)(=O)C(C)C)c2[nH]ccc2n1. The fourth-order valence-electron chi connectivity index (χ4n) is 4.67. The zero-order chi connectivity index (χ0) is 26.9. The maximum Gasteiger partial charge on any atom is 0.182 e. The second-order valence-electron chi connectivity index (χ2n) is 9.90. The largest absolute Gasteiger partial charge is 0.496 e. The summed E-state index contributed by atoms with van der Waals surface area (Å²) in [5.74, 6) is 1.92. The maximum atomic E-state index is 13.0. The lowest BCUT2D eigenvalue weighted by Crippen LogP contribution is -2.44. The number of aromatic nitrogens is 3. The molecular formula is C28H34N6O3S.